The SMILES string of the molecule is C=C(O)c1cc2c(C3CCCN(C(=O)OC(C)(C)C)C3)cc(-c3c(OCc4ccc(OC)cc4)cccc3OCC3CC3)nc2[nH]c1=O. The number of rotatable bonds is 10. The summed E-state index contributed by atoms with van der Waals surface area (Å²) in [6, 6.07) is 17.0. The van der Waals surface area contributed by atoms with Gasteiger partial charge in [-0.3, -0.25) is 4.79 Å². The molecule has 4 aromatic rings. The van der Waals surface area contributed by atoms with Gasteiger partial charge in [0.1, 0.15) is 40.9 Å². The molecule has 252 valence electrons. The van der Waals surface area contributed by atoms with Gasteiger partial charge in [0.25, 0.3) is 5.56 Å². The molecule has 1 saturated heterocycles. The highest BCUT2D eigenvalue weighted by Crippen LogP contribution is 2.42. The van der Waals surface area contributed by atoms with Crippen molar-refractivity contribution in [2.45, 2.75) is 64.6 Å². The fraction of sp³-hybridized carbons (Fsp3) is 0.395. The number of aromatic nitrogens is 2. The summed E-state index contributed by atoms with van der Waals surface area (Å²) in [4.78, 5) is 35.8. The number of nitrogens with one attached hydrogen (secondary N) is 1. The quantitative estimate of drug-likeness (QED) is 0.168. The number of methoxy groups -OCH3 is 1. The molecule has 1 unspecified atom stereocenters. The minimum Gasteiger partial charge on any atom is -0.508 e. The summed E-state index contributed by atoms with van der Waals surface area (Å²) >= 11 is 0. The highest BCUT2D eigenvalue weighted by molar-refractivity contribution is 5.87. The zero-order valence-corrected chi connectivity index (χ0v) is 28.0. The number of pyridine rings is 2. The summed E-state index contributed by atoms with van der Waals surface area (Å²) in [5.74, 6) is 2.05. The number of nitrogens with zero attached hydrogens (tertiary/aromatic N) is 2. The van der Waals surface area contributed by atoms with Gasteiger partial charge in [-0.1, -0.05) is 24.8 Å². The summed E-state index contributed by atoms with van der Waals surface area (Å²) in [5.41, 5.74) is 2.37. The van der Waals surface area contributed by atoms with Crippen molar-refractivity contribution in [2.24, 2.45) is 5.92 Å². The van der Waals surface area contributed by atoms with Crippen LogP contribution in [0.4, 0.5) is 4.79 Å². The molecule has 0 bridgehead atoms. The minimum atomic E-state index is -0.622. The van der Waals surface area contributed by atoms with Gasteiger partial charge in [-0.05, 0) is 99.9 Å². The number of hydrogen-bond acceptors (Lipinski definition) is 8. The molecular formula is C38H43N3O7. The molecule has 1 aliphatic heterocycles. The fourth-order valence-electron chi connectivity index (χ4n) is 5.99. The number of carbonyl (C=O) groups excluding carboxylic acids is 1. The van der Waals surface area contributed by atoms with Crippen LogP contribution in [0.25, 0.3) is 28.0 Å². The van der Waals surface area contributed by atoms with Crippen molar-refractivity contribution in [1.29, 1.82) is 0 Å². The number of amides is 1. The summed E-state index contributed by atoms with van der Waals surface area (Å²) in [6.07, 6.45) is 3.47. The van der Waals surface area contributed by atoms with Crippen LogP contribution in [0.3, 0.4) is 0 Å². The van der Waals surface area contributed by atoms with Crippen LogP contribution in [-0.4, -0.2) is 58.5 Å². The van der Waals surface area contributed by atoms with E-state index >= 15 is 0 Å². The van der Waals surface area contributed by atoms with E-state index in [1.807, 2.05) is 69.3 Å². The number of benzene rings is 2. The Morgan fingerprint density at radius 3 is 2.46 bits per heavy atom. The first-order chi connectivity index (χ1) is 23.0. The Morgan fingerprint density at radius 1 is 1.06 bits per heavy atom. The average Bonchev–Trinajstić information content (AvgIpc) is 3.89. The van der Waals surface area contributed by atoms with E-state index in [9.17, 15) is 14.7 Å². The largest absolute Gasteiger partial charge is 0.508 e. The smallest absolute Gasteiger partial charge is 0.410 e. The molecule has 2 aromatic carbocycles. The molecule has 1 saturated carbocycles. The number of likely N-dealkylation sites (tertiary alicyclic amines) is 1. The van der Waals surface area contributed by atoms with Gasteiger partial charge in [-0.2, -0.15) is 0 Å². The first-order valence-corrected chi connectivity index (χ1v) is 16.4. The Kier molecular flexibility index (Phi) is 9.35. The van der Waals surface area contributed by atoms with Gasteiger partial charge in [-0.15, -0.1) is 0 Å². The molecule has 48 heavy (non-hydrogen) atoms. The van der Waals surface area contributed by atoms with Crippen LogP contribution >= 0.6 is 0 Å². The number of aliphatic hydroxyl groups excluding tert-OH is 1. The Labute approximate surface area is 280 Å². The standard InChI is InChI=1S/C38H43N3O7/c1-23(42)28-18-30-29(26-8-7-17-41(20-26)37(44)48-38(2,3)4)19-31(39-35(30)40-36(28)43)34-32(46-21-24-11-12-24)9-6-10-33(34)47-22-25-13-15-27(45-5)16-14-25/h6,9-10,13-16,18-19,24,26,42H,1,7-8,11-12,17,20-22H2,2-5H3,(H,39,40,43). The van der Waals surface area contributed by atoms with Crippen molar-refractivity contribution in [2.75, 3.05) is 26.8 Å². The highest BCUT2D eigenvalue weighted by atomic mass is 16.6. The molecular weight excluding hydrogens is 610 g/mol. The molecule has 2 aromatic heterocycles. The molecule has 0 spiro atoms. The van der Waals surface area contributed by atoms with Crippen molar-refractivity contribution in [1.82, 2.24) is 14.9 Å². The predicted molar refractivity (Wildman–Crippen MR) is 185 cm³/mol. The van der Waals surface area contributed by atoms with Crippen molar-refractivity contribution in [3.8, 4) is 28.5 Å². The lowest BCUT2D eigenvalue weighted by atomic mass is 9.87. The highest BCUT2D eigenvalue weighted by Gasteiger charge is 2.31. The Balaban J connectivity index is 1.45. The van der Waals surface area contributed by atoms with Crippen molar-refractivity contribution in [3.05, 3.63) is 88.2 Å². The van der Waals surface area contributed by atoms with Crippen LogP contribution in [-0.2, 0) is 11.3 Å². The monoisotopic (exact) mass is 653 g/mol. The number of hydrogen-bond donors (Lipinski definition) is 2. The van der Waals surface area contributed by atoms with Crippen LogP contribution in [0.2, 0.25) is 0 Å². The van der Waals surface area contributed by atoms with Crippen LogP contribution in [0.1, 0.15) is 69.1 Å². The van der Waals surface area contributed by atoms with E-state index in [1.165, 1.54) is 0 Å². The average molecular weight is 654 g/mol. The normalized spacial score (nSPS) is 16.4. The van der Waals surface area contributed by atoms with E-state index in [0.29, 0.717) is 66.0 Å². The molecule has 3 heterocycles. The third kappa shape index (κ3) is 7.59. The summed E-state index contributed by atoms with van der Waals surface area (Å²) in [7, 11) is 1.63. The van der Waals surface area contributed by atoms with E-state index in [1.54, 1.807) is 18.1 Å². The number of fused-ring (bicyclic) bond motifs is 1. The molecule has 2 fully saturated rings. The minimum absolute atomic E-state index is 0.0646. The predicted octanol–water partition coefficient (Wildman–Crippen LogP) is 7.61. The van der Waals surface area contributed by atoms with Gasteiger partial charge < -0.3 is 33.9 Å². The maximum atomic E-state index is 13.1. The van der Waals surface area contributed by atoms with Gasteiger partial charge in [0.2, 0.25) is 0 Å². The second-order valence-electron chi connectivity index (χ2n) is 13.6. The maximum Gasteiger partial charge on any atom is 0.410 e. The summed E-state index contributed by atoms with van der Waals surface area (Å²) in [5, 5.41) is 10.9. The molecule has 6 rings (SSSR count). The second kappa shape index (κ2) is 13.6. The fourth-order valence-corrected chi connectivity index (χ4v) is 5.99. The Bertz CT molecular complexity index is 1870. The Hall–Kier alpha value is -4.99. The second-order valence-corrected chi connectivity index (χ2v) is 13.6. The van der Waals surface area contributed by atoms with Crippen LogP contribution in [0, 0.1) is 5.92 Å². The van der Waals surface area contributed by atoms with Gasteiger partial charge >= 0.3 is 6.09 Å². The summed E-state index contributed by atoms with van der Waals surface area (Å²) in [6.45, 7) is 11.0. The van der Waals surface area contributed by atoms with E-state index < -0.39 is 11.2 Å². The number of aromatic amines is 1. The lowest BCUT2D eigenvalue weighted by Gasteiger charge is -2.34. The third-order valence-corrected chi connectivity index (χ3v) is 8.65. The maximum absolute atomic E-state index is 13.1. The number of carbonyl (C=O) groups is 1. The van der Waals surface area contributed by atoms with Gasteiger partial charge in [0.05, 0.1) is 30.5 Å². The number of ether oxygens (including phenoxy) is 4. The third-order valence-electron chi connectivity index (χ3n) is 8.65. The van der Waals surface area contributed by atoms with E-state index in [-0.39, 0.29) is 23.3 Å². The van der Waals surface area contributed by atoms with E-state index in [4.69, 9.17) is 23.9 Å². The first kappa shape index (κ1) is 32.9. The molecule has 0 radical (unpaired) electrons. The van der Waals surface area contributed by atoms with E-state index in [2.05, 4.69) is 11.6 Å². The Morgan fingerprint density at radius 2 is 1.79 bits per heavy atom. The number of piperidine rings is 1. The molecule has 1 aliphatic carbocycles. The van der Waals surface area contributed by atoms with Crippen LogP contribution < -0.4 is 19.8 Å². The van der Waals surface area contributed by atoms with Crippen molar-refractivity contribution < 1.29 is 28.8 Å². The van der Waals surface area contributed by atoms with Crippen molar-refractivity contribution in [3.63, 3.8) is 0 Å². The lowest BCUT2D eigenvalue weighted by molar-refractivity contribution is 0.0198. The van der Waals surface area contributed by atoms with Gasteiger partial charge in [-0.25, -0.2) is 9.78 Å². The number of aliphatic hydroxyl groups is 1. The topological polar surface area (TPSA) is 123 Å². The first-order valence-electron chi connectivity index (χ1n) is 16.4. The van der Waals surface area contributed by atoms with Gasteiger partial charge in [0, 0.05) is 24.4 Å². The molecule has 10 nitrogen and oxygen atoms in total. The molecule has 1 atom stereocenters. The van der Waals surface area contributed by atoms with Gasteiger partial charge in [0.15, 0.2) is 0 Å². The zero-order valence-electron chi connectivity index (χ0n) is 28.0. The van der Waals surface area contributed by atoms with Crippen LogP contribution in [0.5, 0.6) is 17.2 Å². The molecule has 1 amide bonds. The zero-order chi connectivity index (χ0) is 34.0. The summed E-state index contributed by atoms with van der Waals surface area (Å²) < 4.78 is 23.8. The molecule has 2 N–H and O–H groups in total. The molecule has 2 aliphatic rings. The van der Waals surface area contributed by atoms with Crippen molar-refractivity contribution >= 4 is 22.9 Å². The van der Waals surface area contributed by atoms with Crippen LogP contribution in [0.15, 0.2) is 66.0 Å². The molecule has 10 heteroatoms. The lowest BCUT2D eigenvalue weighted by Crippen LogP contribution is -2.42. The van der Waals surface area contributed by atoms with E-state index in [0.717, 1.165) is 42.6 Å². The number of H-pyrrole nitrogens is 1.